The van der Waals surface area contributed by atoms with E-state index < -0.39 is 29.2 Å². The zero-order chi connectivity index (χ0) is 24.3. The molecule has 0 fully saturated rings. The Labute approximate surface area is 190 Å². The highest BCUT2D eigenvalue weighted by atomic mass is 19.4. The quantitative estimate of drug-likeness (QED) is 0.308. The number of halogens is 3. The van der Waals surface area contributed by atoms with Crippen LogP contribution in [0.2, 0.25) is 0 Å². The number of alkyl halides is 3. The van der Waals surface area contributed by atoms with Gasteiger partial charge in [0, 0.05) is 24.8 Å². The van der Waals surface area contributed by atoms with E-state index in [2.05, 4.69) is 25.7 Å². The summed E-state index contributed by atoms with van der Waals surface area (Å²) in [7, 11) is 0. The van der Waals surface area contributed by atoms with E-state index in [-0.39, 0.29) is 19.7 Å². The summed E-state index contributed by atoms with van der Waals surface area (Å²) in [5, 5.41) is 17.6. The van der Waals surface area contributed by atoms with Crippen molar-refractivity contribution in [1.29, 1.82) is 0 Å². The molecule has 0 atom stereocenters. The van der Waals surface area contributed by atoms with E-state index in [1.165, 1.54) is 0 Å². The van der Waals surface area contributed by atoms with Gasteiger partial charge in [0.1, 0.15) is 12.4 Å². The van der Waals surface area contributed by atoms with Gasteiger partial charge in [-0.3, -0.25) is 9.59 Å². The van der Waals surface area contributed by atoms with E-state index in [0.717, 1.165) is 10.9 Å². The molecule has 12 heteroatoms. The molecule has 0 spiro atoms. The molecule has 34 heavy (non-hydrogen) atoms. The molecule has 2 amide bonds. The predicted molar refractivity (Wildman–Crippen MR) is 115 cm³/mol. The van der Waals surface area contributed by atoms with Gasteiger partial charge in [0.05, 0.1) is 22.3 Å². The average molecular weight is 472 g/mol. The maximum Gasteiger partial charge on any atom is 0.435 e. The number of amides is 2. The fourth-order valence-electron chi connectivity index (χ4n) is 3.29. The Balaban J connectivity index is 1.38. The maximum absolute atomic E-state index is 13.4. The normalized spacial score (nSPS) is 11.5. The molecule has 0 bridgehead atoms. The van der Waals surface area contributed by atoms with Crippen molar-refractivity contribution in [2.75, 3.05) is 13.1 Å². The van der Waals surface area contributed by atoms with Gasteiger partial charge in [0.15, 0.2) is 5.69 Å². The average Bonchev–Trinajstić information content (AvgIpc) is 3.46. The van der Waals surface area contributed by atoms with E-state index in [1.54, 1.807) is 48.5 Å². The standard InChI is InChI=1S/C22H19F3N6O3/c23-22(24,25)19-15(11-31(30-19)14-4-2-1-3-5-14)21(34)27-9-8-26-20(33)13-6-7-16-17(10-13)29-18(12-32)28-16/h1-7,10-11,32H,8-9,12H2,(H,26,33)(H,27,34)(H,28,29). The number of nitrogens with zero attached hydrogens (tertiary/aromatic N) is 3. The molecule has 0 saturated heterocycles. The highest BCUT2D eigenvalue weighted by molar-refractivity contribution is 5.97. The number of fused-ring (bicyclic) bond motifs is 1. The van der Waals surface area contributed by atoms with Gasteiger partial charge in [-0.05, 0) is 30.3 Å². The molecular formula is C22H19F3N6O3. The molecule has 0 aliphatic heterocycles. The topological polar surface area (TPSA) is 125 Å². The van der Waals surface area contributed by atoms with Crippen molar-refractivity contribution >= 4 is 22.8 Å². The monoisotopic (exact) mass is 472 g/mol. The number of nitrogens with one attached hydrogen (secondary N) is 3. The van der Waals surface area contributed by atoms with E-state index in [1.807, 2.05) is 0 Å². The summed E-state index contributed by atoms with van der Waals surface area (Å²) >= 11 is 0. The molecule has 0 aliphatic rings. The number of carbonyl (C=O) groups is 2. The molecule has 4 N–H and O–H groups in total. The van der Waals surface area contributed by atoms with Gasteiger partial charge in [-0.15, -0.1) is 0 Å². The van der Waals surface area contributed by atoms with Gasteiger partial charge in [-0.2, -0.15) is 18.3 Å². The third-order valence-electron chi connectivity index (χ3n) is 4.89. The van der Waals surface area contributed by atoms with Gasteiger partial charge in [0.25, 0.3) is 11.8 Å². The van der Waals surface area contributed by atoms with E-state index in [4.69, 9.17) is 5.11 Å². The molecular weight excluding hydrogens is 453 g/mol. The number of aromatic amines is 1. The predicted octanol–water partition coefficient (Wildman–Crippen LogP) is 2.42. The van der Waals surface area contributed by atoms with Crippen molar-refractivity contribution < 1.29 is 27.9 Å². The molecule has 9 nitrogen and oxygen atoms in total. The lowest BCUT2D eigenvalue weighted by Crippen LogP contribution is -2.35. The number of imidazole rings is 1. The smallest absolute Gasteiger partial charge is 0.388 e. The molecule has 4 aromatic rings. The summed E-state index contributed by atoms with van der Waals surface area (Å²) in [6.07, 6.45) is -3.80. The van der Waals surface area contributed by atoms with Crippen molar-refractivity contribution in [2.45, 2.75) is 12.8 Å². The number of para-hydroxylation sites is 1. The fraction of sp³-hybridized carbons (Fsp3) is 0.182. The van der Waals surface area contributed by atoms with Gasteiger partial charge >= 0.3 is 6.18 Å². The summed E-state index contributed by atoms with van der Waals surface area (Å²) < 4.78 is 41.3. The number of aromatic nitrogens is 4. The first-order valence-corrected chi connectivity index (χ1v) is 10.1. The van der Waals surface area contributed by atoms with Crippen LogP contribution >= 0.6 is 0 Å². The molecule has 2 aromatic carbocycles. The van der Waals surface area contributed by atoms with Crippen molar-refractivity contribution in [3.8, 4) is 5.69 Å². The summed E-state index contributed by atoms with van der Waals surface area (Å²) in [4.78, 5) is 31.8. The molecule has 0 aliphatic carbocycles. The first-order chi connectivity index (χ1) is 16.3. The number of aliphatic hydroxyl groups excluding tert-OH is 1. The van der Waals surface area contributed by atoms with Crippen LogP contribution in [0.15, 0.2) is 54.7 Å². The Morgan fingerprint density at radius 1 is 1.03 bits per heavy atom. The number of hydrogen-bond donors (Lipinski definition) is 4. The van der Waals surface area contributed by atoms with Crippen molar-refractivity contribution in [3.63, 3.8) is 0 Å². The van der Waals surface area contributed by atoms with Gasteiger partial charge in [-0.25, -0.2) is 9.67 Å². The van der Waals surface area contributed by atoms with Crippen LogP contribution < -0.4 is 10.6 Å². The minimum atomic E-state index is -4.82. The zero-order valence-electron chi connectivity index (χ0n) is 17.6. The number of aliphatic hydroxyl groups is 1. The first kappa shape index (κ1) is 23.0. The second-order valence-corrected chi connectivity index (χ2v) is 7.25. The van der Waals surface area contributed by atoms with E-state index in [9.17, 15) is 22.8 Å². The van der Waals surface area contributed by atoms with Crippen LogP contribution in [0.5, 0.6) is 0 Å². The van der Waals surface area contributed by atoms with Crippen LogP contribution in [-0.2, 0) is 12.8 Å². The Morgan fingerprint density at radius 2 is 1.74 bits per heavy atom. The lowest BCUT2D eigenvalue weighted by molar-refractivity contribution is -0.141. The molecule has 0 unspecified atom stereocenters. The largest absolute Gasteiger partial charge is 0.435 e. The number of benzene rings is 2. The fourth-order valence-corrected chi connectivity index (χ4v) is 3.29. The summed E-state index contributed by atoms with van der Waals surface area (Å²) in [5.74, 6) is -1.03. The van der Waals surface area contributed by atoms with Crippen LogP contribution in [0.3, 0.4) is 0 Å². The molecule has 0 saturated carbocycles. The summed E-state index contributed by atoms with van der Waals surface area (Å²) in [6.45, 7) is -0.378. The number of hydrogen-bond acceptors (Lipinski definition) is 5. The Bertz CT molecular complexity index is 1330. The van der Waals surface area contributed by atoms with Crippen LogP contribution in [0, 0.1) is 0 Å². The molecule has 2 heterocycles. The van der Waals surface area contributed by atoms with Crippen molar-refractivity contribution in [1.82, 2.24) is 30.4 Å². The maximum atomic E-state index is 13.4. The lowest BCUT2D eigenvalue weighted by Gasteiger charge is -2.08. The van der Waals surface area contributed by atoms with Crippen LogP contribution in [0.1, 0.15) is 32.2 Å². The second-order valence-electron chi connectivity index (χ2n) is 7.25. The SMILES string of the molecule is O=C(NCCNC(=O)c1cn(-c2ccccc2)nc1C(F)(F)F)c1ccc2nc(CO)[nH]c2c1. The first-order valence-electron chi connectivity index (χ1n) is 10.1. The van der Waals surface area contributed by atoms with E-state index >= 15 is 0 Å². The highest BCUT2D eigenvalue weighted by Crippen LogP contribution is 2.31. The third-order valence-corrected chi connectivity index (χ3v) is 4.89. The Kier molecular flexibility index (Phi) is 6.32. The van der Waals surface area contributed by atoms with Gasteiger partial charge in [-0.1, -0.05) is 18.2 Å². The van der Waals surface area contributed by atoms with Crippen LogP contribution in [-0.4, -0.2) is 49.8 Å². The second kappa shape index (κ2) is 9.35. The number of carbonyl (C=O) groups excluding carboxylic acids is 2. The van der Waals surface area contributed by atoms with Gasteiger partial charge < -0.3 is 20.7 Å². The van der Waals surface area contributed by atoms with Crippen LogP contribution in [0.25, 0.3) is 16.7 Å². The minimum Gasteiger partial charge on any atom is -0.388 e. The lowest BCUT2D eigenvalue weighted by atomic mass is 10.2. The molecule has 4 rings (SSSR count). The van der Waals surface area contributed by atoms with Crippen LogP contribution in [0.4, 0.5) is 13.2 Å². The zero-order valence-corrected chi connectivity index (χ0v) is 17.6. The number of rotatable bonds is 7. The highest BCUT2D eigenvalue weighted by Gasteiger charge is 2.39. The number of H-pyrrole nitrogens is 1. The van der Waals surface area contributed by atoms with Gasteiger partial charge in [0.2, 0.25) is 0 Å². The van der Waals surface area contributed by atoms with E-state index in [0.29, 0.717) is 28.1 Å². The third kappa shape index (κ3) is 4.91. The Morgan fingerprint density at radius 3 is 2.41 bits per heavy atom. The minimum absolute atomic E-state index is 0.0123. The van der Waals surface area contributed by atoms with Crippen molar-refractivity contribution in [3.05, 3.63) is 77.4 Å². The molecule has 0 radical (unpaired) electrons. The Hall–Kier alpha value is -4.19. The molecule has 176 valence electrons. The van der Waals surface area contributed by atoms with Crippen molar-refractivity contribution in [2.24, 2.45) is 0 Å². The summed E-state index contributed by atoms with van der Waals surface area (Å²) in [5.41, 5.74) is -0.0697. The summed E-state index contributed by atoms with van der Waals surface area (Å²) in [6, 6.07) is 12.8. The molecule has 2 aromatic heterocycles.